The van der Waals surface area contributed by atoms with Gasteiger partial charge in [-0.2, -0.15) is 0 Å². The molecule has 0 nitrogen and oxygen atoms in total. The van der Waals surface area contributed by atoms with Crippen LogP contribution in [0.25, 0.3) is 0 Å². The van der Waals surface area contributed by atoms with Crippen molar-refractivity contribution in [1.29, 1.82) is 0 Å². The van der Waals surface area contributed by atoms with Gasteiger partial charge in [0.05, 0.1) is 6.16 Å². The molecule has 0 atom stereocenters. The van der Waals surface area contributed by atoms with Gasteiger partial charge >= 0.3 is 0 Å². The summed E-state index contributed by atoms with van der Waals surface area (Å²) in [5.74, 6) is 0. The second-order valence-corrected chi connectivity index (χ2v) is 9.42. The van der Waals surface area contributed by atoms with Crippen LogP contribution in [0.15, 0.2) is 103 Å². The second-order valence-electron chi connectivity index (χ2n) is 5.93. The van der Waals surface area contributed by atoms with Gasteiger partial charge in [-0.3, -0.25) is 0 Å². The standard InChI is InChI=1S/C22H22P.ClH/c1-19(2)18-23(20-12-6-3-7-13-20,21-14-8-4-9-15-21)22-16-10-5-11-17-22;/h3-17H,1,18H2,2H3;1H/q+1;. The van der Waals surface area contributed by atoms with Crippen molar-refractivity contribution in [2.45, 2.75) is 6.92 Å². The summed E-state index contributed by atoms with van der Waals surface area (Å²) in [5.41, 5.74) is 1.23. The molecule has 0 heterocycles. The lowest BCUT2D eigenvalue weighted by molar-refractivity contribution is 1.42. The minimum absolute atomic E-state index is 0. The predicted molar refractivity (Wildman–Crippen MR) is 112 cm³/mol. The Labute approximate surface area is 152 Å². The van der Waals surface area contributed by atoms with Crippen LogP contribution in [0.4, 0.5) is 0 Å². The van der Waals surface area contributed by atoms with Crippen molar-refractivity contribution in [3.8, 4) is 0 Å². The second kappa shape index (κ2) is 8.29. The molecule has 3 aromatic carbocycles. The largest absolute Gasteiger partial charge is 0.147 e. The molecule has 3 aromatic rings. The number of hydrogen-bond donors (Lipinski definition) is 0. The lowest BCUT2D eigenvalue weighted by Crippen LogP contribution is -2.33. The highest BCUT2D eigenvalue weighted by atomic mass is 35.5. The van der Waals surface area contributed by atoms with E-state index in [1.165, 1.54) is 21.5 Å². The minimum atomic E-state index is -1.71. The molecular formula is C22H23ClP+. The molecule has 122 valence electrons. The van der Waals surface area contributed by atoms with E-state index in [9.17, 15) is 0 Å². The SMILES string of the molecule is C=C(C)C[P+](c1ccccc1)(c1ccccc1)c1ccccc1.Cl. The monoisotopic (exact) mass is 353 g/mol. The molecule has 0 saturated carbocycles. The van der Waals surface area contributed by atoms with Crippen molar-refractivity contribution in [2.75, 3.05) is 6.16 Å². The fourth-order valence-electron chi connectivity index (χ4n) is 3.17. The summed E-state index contributed by atoms with van der Waals surface area (Å²) >= 11 is 0. The summed E-state index contributed by atoms with van der Waals surface area (Å²) in [4.78, 5) is 0. The van der Waals surface area contributed by atoms with Gasteiger partial charge in [-0.05, 0) is 48.9 Å². The van der Waals surface area contributed by atoms with E-state index in [-0.39, 0.29) is 12.4 Å². The molecule has 0 bridgehead atoms. The Balaban J connectivity index is 0.00000208. The van der Waals surface area contributed by atoms with Crippen molar-refractivity contribution >= 4 is 35.6 Å². The maximum absolute atomic E-state index is 4.24. The zero-order valence-electron chi connectivity index (χ0n) is 13.9. The topological polar surface area (TPSA) is 0 Å². The van der Waals surface area contributed by atoms with Gasteiger partial charge in [0.15, 0.2) is 0 Å². The maximum atomic E-state index is 4.24. The van der Waals surface area contributed by atoms with E-state index < -0.39 is 7.26 Å². The van der Waals surface area contributed by atoms with Crippen molar-refractivity contribution < 1.29 is 0 Å². The van der Waals surface area contributed by atoms with E-state index in [2.05, 4.69) is 104 Å². The molecule has 0 aromatic heterocycles. The number of benzene rings is 3. The summed E-state index contributed by atoms with van der Waals surface area (Å²) in [7, 11) is -1.71. The summed E-state index contributed by atoms with van der Waals surface area (Å²) in [6.45, 7) is 6.39. The first-order valence-corrected chi connectivity index (χ1v) is 9.90. The van der Waals surface area contributed by atoms with Crippen LogP contribution in [0.3, 0.4) is 0 Å². The normalized spacial score (nSPS) is 10.7. The Hall–Kier alpha value is -1.88. The summed E-state index contributed by atoms with van der Waals surface area (Å²) in [6, 6.07) is 32.8. The third-order valence-electron chi connectivity index (χ3n) is 4.10. The third-order valence-corrected chi connectivity index (χ3v) is 8.65. The van der Waals surface area contributed by atoms with Gasteiger partial charge in [-0.15, -0.1) is 12.4 Å². The quantitative estimate of drug-likeness (QED) is 0.448. The van der Waals surface area contributed by atoms with Crippen LogP contribution in [-0.2, 0) is 0 Å². The zero-order chi connectivity index (χ0) is 16.1. The first-order chi connectivity index (χ1) is 11.2. The van der Waals surface area contributed by atoms with Gasteiger partial charge in [0.25, 0.3) is 0 Å². The Kier molecular flexibility index (Phi) is 6.37. The first-order valence-electron chi connectivity index (χ1n) is 7.93. The van der Waals surface area contributed by atoms with Crippen LogP contribution >= 0.6 is 19.7 Å². The maximum Gasteiger partial charge on any atom is 0.116 e. The fourth-order valence-corrected chi connectivity index (χ4v) is 7.47. The van der Waals surface area contributed by atoms with E-state index in [0.29, 0.717) is 0 Å². The van der Waals surface area contributed by atoms with Crippen LogP contribution in [0, 0.1) is 0 Å². The van der Waals surface area contributed by atoms with Crippen LogP contribution in [0.2, 0.25) is 0 Å². The van der Waals surface area contributed by atoms with Crippen molar-refractivity contribution in [3.05, 3.63) is 103 Å². The molecule has 0 amide bonds. The molecule has 0 aliphatic carbocycles. The smallest absolute Gasteiger partial charge is 0.116 e. The molecule has 0 aliphatic rings. The van der Waals surface area contributed by atoms with E-state index in [0.717, 1.165) is 6.16 Å². The average molecular weight is 354 g/mol. The Morgan fingerprint density at radius 3 is 1.21 bits per heavy atom. The van der Waals surface area contributed by atoms with Gasteiger partial charge in [0, 0.05) is 0 Å². The fraction of sp³-hybridized carbons (Fsp3) is 0.0909. The lowest BCUT2D eigenvalue weighted by Gasteiger charge is -2.27. The average Bonchev–Trinajstić information content (AvgIpc) is 2.62. The van der Waals surface area contributed by atoms with Gasteiger partial charge in [0.1, 0.15) is 23.2 Å². The lowest BCUT2D eigenvalue weighted by atomic mass is 10.3. The summed E-state index contributed by atoms with van der Waals surface area (Å²) in [6.07, 6.45) is 1.00. The molecule has 0 fully saturated rings. The molecule has 0 aliphatic heterocycles. The molecule has 0 unspecified atom stereocenters. The zero-order valence-corrected chi connectivity index (χ0v) is 15.6. The molecular weight excluding hydrogens is 331 g/mol. The molecule has 0 N–H and O–H groups in total. The summed E-state index contributed by atoms with van der Waals surface area (Å²) in [5, 5.41) is 4.25. The van der Waals surface area contributed by atoms with Crippen LogP contribution in [-0.4, -0.2) is 6.16 Å². The van der Waals surface area contributed by atoms with Crippen LogP contribution in [0.1, 0.15) is 6.92 Å². The van der Waals surface area contributed by atoms with Crippen molar-refractivity contribution in [1.82, 2.24) is 0 Å². The highest BCUT2D eigenvalue weighted by molar-refractivity contribution is 7.95. The van der Waals surface area contributed by atoms with E-state index in [4.69, 9.17) is 0 Å². The van der Waals surface area contributed by atoms with Crippen LogP contribution < -0.4 is 15.9 Å². The molecule has 2 heteroatoms. The van der Waals surface area contributed by atoms with Gasteiger partial charge in [-0.1, -0.05) is 61.2 Å². The van der Waals surface area contributed by atoms with Crippen molar-refractivity contribution in [3.63, 3.8) is 0 Å². The number of allylic oxidation sites excluding steroid dienone is 1. The van der Waals surface area contributed by atoms with Gasteiger partial charge in [0.2, 0.25) is 0 Å². The third kappa shape index (κ3) is 3.61. The van der Waals surface area contributed by atoms with E-state index >= 15 is 0 Å². The predicted octanol–water partition coefficient (Wildman–Crippen LogP) is 4.98. The molecule has 0 spiro atoms. The number of rotatable bonds is 5. The molecule has 3 rings (SSSR count). The number of hydrogen-bond acceptors (Lipinski definition) is 0. The van der Waals surface area contributed by atoms with E-state index in [1.54, 1.807) is 0 Å². The Morgan fingerprint density at radius 1 is 0.667 bits per heavy atom. The van der Waals surface area contributed by atoms with E-state index in [1.807, 2.05) is 0 Å². The Bertz CT molecular complexity index is 670. The molecule has 24 heavy (non-hydrogen) atoms. The highest BCUT2D eigenvalue weighted by Crippen LogP contribution is 2.56. The highest BCUT2D eigenvalue weighted by Gasteiger charge is 2.44. The minimum Gasteiger partial charge on any atom is -0.147 e. The molecule has 0 radical (unpaired) electrons. The molecule has 0 saturated heterocycles. The van der Waals surface area contributed by atoms with Gasteiger partial charge < -0.3 is 0 Å². The van der Waals surface area contributed by atoms with Gasteiger partial charge in [-0.25, -0.2) is 0 Å². The number of halogens is 1. The summed E-state index contributed by atoms with van der Waals surface area (Å²) < 4.78 is 0. The Morgan fingerprint density at radius 2 is 0.958 bits per heavy atom. The van der Waals surface area contributed by atoms with Crippen LogP contribution in [0.5, 0.6) is 0 Å². The van der Waals surface area contributed by atoms with Crippen molar-refractivity contribution in [2.24, 2.45) is 0 Å². The first kappa shape index (κ1) is 18.5.